The molecule has 0 unspecified atom stereocenters. The molecular formula is C16H16N4O. The minimum absolute atomic E-state index is 0.163. The molecule has 1 aromatic carbocycles. The van der Waals surface area contributed by atoms with E-state index in [0.717, 1.165) is 5.69 Å². The molecule has 0 aliphatic carbocycles. The fourth-order valence-corrected chi connectivity index (χ4v) is 1.99. The number of amides is 1. The maximum absolute atomic E-state index is 12.5. The lowest BCUT2D eigenvalue weighted by atomic mass is 10.1. The number of nitrogens with zero attached hydrogens (tertiary/aromatic N) is 3. The summed E-state index contributed by atoms with van der Waals surface area (Å²) < 4.78 is 0. The van der Waals surface area contributed by atoms with E-state index >= 15 is 0 Å². The van der Waals surface area contributed by atoms with E-state index in [0.29, 0.717) is 29.1 Å². The number of hydrogen-bond donors (Lipinski definition) is 1. The number of hydrogen-bond acceptors (Lipinski definition) is 4. The standard InChI is InChI=1S/C16H16N4O/c1-3-13-8-12(9-15(18)19-13)16(21)20(2)14-6-4-11(10-17)5-7-14/h4-9H,3H2,1-2H3,(H2,18,19). The van der Waals surface area contributed by atoms with Gasteiger partial charge in [0.05, 0.1) is 11.6 Å². The van der Waals surface area contributed by atoms with Crippen LogP contribution in [-0.2, 0) is 6.42 Å². The first-order chi connectivity index (χ1) is 10.0. The molecule has 1 aromatic heterocycles. The molecule has 106 valence electrons. The molecule has 0 bridgehead atoms. The lowest BCUT2D eigenvalue weighted by Gasteiger charge is -2.18. The Bertz CT molecular complexity index is 701. The molecule has 0 saturated heterocycles. The Morgan fingerprint density at radius 3 is 2.57 bits per heavy atom. The van der Waals surface area contributed by atoms with Crippen molar-refractivity contribution in [2.45, 2.75) is 13.3 Å². The predicted octanol–water partition coefficient (Wildman–Crippen LogP) is 2.37. The Morgan fingerprint density at radius 1 is 1.33 bits per heavy atom. The van der Waals surface area contributed by atoms with Gasteiger partial charge in [0, 0.05) is 24.0 Å². The summed E-state index contributed by atoms with van der Waals surface area (Å²) in [6.07, 6.45) is 0.714. The van der Waals surface area contributed by atoms with Gasteiger partial charge in [-0.25, -0.2) is 4.98 Å². The zero-order valence-electron chi connectivity index (χ0n) is 12.0. The molecule has 0 aliphatic heterocycles. The molecular weight excluding hydrogens is 264 g/mol. The molecule has 5 nitrogen and oxygen atoms in total. The summed E-state index contributed by atoms with van der Waals surface area (Å²) in [7, 11) is 1.69. The van der Waals surface area contributed by atoms with Crippen LogP contribution >= 0.6 is 0 Å². The van der Waals surface area contributed by atoms with Gasteiger partial charge >= 0.3 is 0 Å². The Labute approximate surface area is 123 Å². The number of rotatable bonds is 3. The van der Waals surface area contributed by atoms with Gasteiger partial charge in [0.25, 0.3) is 5.91 Å². The molecule has 2 aromatic rings. The van der Waals surface area contributed by atoms with Gasteiger partial charge in [-0.15, -0.1) is 0 Å². The van der Waals surface area contributed by atoms with Crippen molar-refractivity contribution in [3.05, 3.63) is 53.2 Å². The molecule has 5 heteroatoms. The number of aromatic nitrogens is 1. The van der Waals surface area contributed by atoms with Crippen molar-refractivity contribution >= 4 is 17.4 Å². The van der Waals surface area contributed by atoms with Crippen LogP contribution in [0.4, 0.5) is 11.5 Å². The number of carbonyl (C=O) groups is 1. The first kappa shape index (κ1) is 14.5. The molecule has 0 saturated carbocycles. The first-order valence-corrected chi connectivity index (χ1v) is 6.59. The fourth-order valence-electron chi connectivity index (χ4n) is 1.99. The van der Waals surface area contributed by atoms with Crippen LogP contribution in [0.1, 0.15) is 28.5 Å². The van der Waals surface area contributed by atoms with Gasteiger partial charge in [-0.05, 0) is 42.8 Å². The van der Waals surface area contributed by atoms with Gasteiger partial charge in [0.2, 0.25) is 0 Å². The van der Waals surface area contributed by atoms with Gasteiger partial charge in [-0.1, -0.05) is 6.92 Å². The van der Waals surface area contributed by atoms with E-state index in [2.05, 4.69) is 4.98 Å². The topological polar surface area (TPSA) is 83.0 Å². The molecule has 0 spiro atoms. The lowest BCUT2D eigenvalue weighted by molar-refractivity contribution is 0.0993. The summed E-state index contributed by atoms with van der Waals surface area (Å²) in [6, 6.07) is 12.2. The van der Waals surface area contributed by atoms with Crippen molar-refractivity contribution in [3.8, 4) is 6.07 Å². The number of nitrogens with two attached hydrogens (primary N) is 1. The Kier molecular flexibility index (Phi) is 4.19. The quantitative estimate of drug-likeness (QED) is 0.935. The number of carbonyl (C=O) groups excluding carboxylic acids is 1. The highest BCUT2D eigenvalue weighted by Crippen LogP contribution is 2.18. The van der Waals surface area contributed by atoms with Crippen molar-refractivity contribution < 1.29 is 4.79 Å². The van der Waals surface area contributed by atoms with Crippen LogP contribution in [0.25, 0.3) is 0 Å². The van der Waals surface area contributed by atoms with E-state index in [1.165, 1.54) is 4.90 Å². The molecule has 1 heterocycles. The number of nitrogen functional groups attached to an aromatic ring is 1. The number of anilines is 2. The molecule has 0 fully saturated rings. The van der Waals surface area contributed by atoms with Crippen molar-refractivity contribution in [3.63, 3.8) is 0 Å². The van der Waals surface area contributed by atoms with E-state index in [1.807, 2.05) is 13.0 Å². The molecule has 0 aliphatic rings. The lowest BCUT2D eigenvalue weighted by Crippen LogP contribution is -2.26. The number of pyridine rings is 1. The smallest absolute Gasteiger partial charge is 0.258 e. The first-order valence-electron chi connectivity index (χ1n) is 6.59. The summed E-state index contributed by atoms with van der Waals surface area (Å²) in [5.41, 5.74) is 8.29. The van der Waals surface area contributed by atoms with Crippen LogP contribution in [0.5, 0.6) is 0 Å². The SMILES string of the molecule is CCc1cc(C(=O)N(C)c2ccc(C#N)cc2)cc(N)n1. The molecule has 1 amide bonds. The molecule has 2 rings (SSSR count). The van der Waals surface area contributed by atoms with Crippen LogP contribution in [0.3, 0.4) is 0 Å². The highest BCUT2D eigenvalue weighted by Gasteiger charge is 2.15. The van der Waals surface area contributed by atoms with E-state index in [-0.39, 0.29) is 5.91 Å². The van der Waals surface area contributed by atoms with E-state index in [1.54, 1.807) is 43.4 Å². The zero-order chi connectivity index (χ0) is 15.4. The number of benzene rings is 1. The average Bonchev–Trinajstić information content (AvgIpc) is 2.52. The summed E-state index contributed by atoms with van der Waals surface area (Å²) in [6.45, 7) is 1.96. The summed E-state index contributed by atoms with van der Waals surface area (Å²) >= 11 is 0. The van der Waals surface area contributed by atoms with Crippen LogP contribution < -0.4 is 10.6 Å². The van der Waals surface area contributed by atoms with Crippen molar-refractivity contribution in [1.29, 1.82) is 5.26 Å². The van der Waals surface area contributed by atoms with Crippen LogP contribution in [0.15, 0.2) is 36.4 Å². The molecule has 21 heavy (non-hydrogen) atoms. The van der Waals surface area contributed by atoms with Crippen molar-refractivity contribution in [2.24, 2.45) is 0 Å². The van der Waals surface area contributed by atoms with Crippen LogP contribution in [0.2, 0.25) is 0 Å². The molecule has 0 radical (unpaired) electrons. The second kappa shape index (κ2) is 6.06. The second-order valence-electron chi connectivity index (χ2n) is 4.65. The third-order valence-corrected chi connectivity index (χ3v) is 3.20. The van der Waals surface area contributed by atoms with E-state index in [4.69, 9.17) is 11.0 Å². The highest BCUT2D eigenvalue weighted by atomic mass is 16.2. The minimum Gasteiger partial charge on any atom is -0.384 e. The van der Waals surface area contributed by atoms with E-state index in [9.17, 15) is 4.79 Å². The minimum atomic E-state index is -0.163. The summed E-state index contributed by atoms with van der Waals surface area (Å²) in [4.78, 5) is 18.2. The van der Waals surface area contributed by atoms with Gasteiger partial charge < -0.3 is 10.6 Å². The third-order valence-electron chi connectivity index (χ3n) is 3.20. The van der Waals surface area contributed by atoms with Crippen LogP contribution in [-0.4, -0.2) is 17.9 Å². The average molecular weight is 280 g/mol. The van der Waals surface area contributed by atoms with Gasteiger partial charge in [-0.3, -0.25) is 4.79 Å². The molecule has 2 N–H and O–H groups in total. The van der Waals surface area contributed by atoms with Crippen molar-refractivity contribution in [1.82, 2.24) is 4.98 Å². The van der Waals surface area contributed by atoms with Gasteiger partial charge in [0.1, 0.15) is 5.82 Å². The maximum Gasteiger partial charge on any atom is 0.258 e. The largest absolute Gasteiger partial charge is 0.384 e. The summed E-state index contributed by atoms with van der Waals surface area (Å²) in [5.74, 6) is 0.175. The second-order valence-corrected chi connectivity index (χ2v) is 4.65. The van der Waals surface area contributed by atoms with E-state index < -0.39 is 0 Å². The Hall–Kier alpha value is -2.87. The Balaban J connectivity index is 2.30. The third kappa shape index (κ3) is 3.18. The summed E-state index contributed by atoms with van der Waals surface area (Å²) in [5, 5.41) is 8.79. The van der Waals surface area contributed by atoms with Gasteiger partial charge in [-0.2, -0.15) is 5.26 Å². The number of aryl methyl sites for hydroxylation is 1. The number of nitriles is 1. The maximum atomic E-state index is 12.5. The monoisotopic (exact) mass is 280 g/mol. The van der Waals surface area contributed by atoms with Crippen molar-refractivity contribution in [2.75, 3.05) is 17.7 Å². The normalized spacial score (nSPS) is 9.95. The van der Waals surface area contributed by atoms with Crippen LogP contribution in [0, 0.1) is 11.3 Å². The zero-order valence-corrected chi connectivity index (χ0v) is 12.0. The predicted molar refractivity (Wildman–Crippen MR) is 81.9 cm³/mol. The van der Waals surface area contributed by atoms with Gasteiger partial charge in [0.15, 0.2) is 0 Å². The fraction of sp³-hybridized carbons (Fsp3) is 0.188. The molecule has 0 atom stereocenters. The Morgan fingerprint density at radius 2 is 2.00 bits per heavy atom. The highest BCUT2D eigenvalue weighted by molar-refractivity contribution is 6.06.